The van der Waals surface area contributed by atoms with Gasteiger partial charge in [-0.15, -0.1) is 0 Å². The van der Waals surface area contributed by atoms with Gasteiger partial charge in [0.1, 0.15) is 6.54 Å². The number of halogens is 1. The molecule has 5 nitrogen and oxygen atoms in total. The standard InChI is InChI=1S/C14H14ClN3O2/c1-9-5-14(20)18(7-12(9)16)8-13(19)17-11-4-2-3-10(15)6-11/h2-7H,8,16H2,1H3,(H,17,19). The summed E-state index contributed by atoms with van der Waals surface area (Å²) in [5, 5.41) is 3.20. The molecule has 0 spiro atoms. The van der Waals surface area contributed by atoms with Crippen molar-refractivity contribution in [3.8, 4) is 0 Å². The Labute approximate surface area is 121 Å². The van der Waals surface area contributed by atoms with Crippen LogP contribution in [0.15, 0.2) is 41.3 Å². The van der Waals surface area contributed by atoms with Crippen LogP contribution in [0.25, 0.3) is 0 Å². The number of hydrogen-bond acceptors (Lipinski definition) is 3. The molecule has 2 rings (SSSR count). The zero-order chi connectivity index (χ0) is 14.7. The van der Waals surface area contributed by atoms with Crippen LogP contribution in [0.3, 0.4) is 0 Å². The van der Waals surface area contributed by atoms with E-state index in [0.717, 1.165) is 0 Å². The van der Waals surface area contributed by atoms with Crippen LogP contribution >= 0.6 is 11.6 Å². The number of nitrogens with zero attached hydrogens (tertiary/aromatic N) is 1. The van der Waals surface area contributed by atoms with Crippen molar-refractivity contribution in [2.45, 2.75) is 13.5 Å². The number of hydrogen-bond donors (Lipinski definition) is 2. The van der Waals surface area contributed by atoms with Crippen LogP contribution in [0.5, 0.6) is 0 Å². The second kappa shape index (κ2) is 5.79. The monoisotopic (exact) mass is 291 g/mol. The van der Waals surface area contributed by atoms with E-state index in [-0.39, 0.29) is 18.0 Å². The van der Waals surface area contributed by atoms with Gasteiger partial charge < -0.3 is 15.6 Å². The maximum atomic E-state index is 11.9. The molecule has 20 heavy (non-hydrogen) atoms. The molecular formula is C14H14ClN3O2. The normalized spacial score (nSPS) is 10.3. The van der Waals surface area contributed by atoms with Gasteiger partial charge in [-0.05, 0) is 30.7 Å². The Kier molecular flexibility index (Phi) is 4.10. The molecule has 1 heterocycles. The molecule has 0 atom stereocenters. The Balaban J connectivity index is 2.13. The van der Waals surface area contributed by atoms with Gasteiger partial charge in [0.25, 0.3) is 5.56 Å². The van der Waals surface area contributed by atoms with Crippen molar-refractivity contribution in [2.24, 2.45) is 0 Å². The number of nitrogen functional groups attached to an aromatic ring is 1. The van der Waals surface area contributed by atoms with E-state index < -0.39 is 0 Å². The van der Waals surface area contributed by atoms with E-state index >= 15 is 0 Å². The number of nitrogens with one attached hydrogen (secondary N) is 1. The third-order valence-electron chi connectivity index (χ3n) is 2.80. The fraction of sp³-hybridized carbons (Fsp3) is 0.143. The van der Waals surface area contributed by atoms with Gasteiger partial charge in [0, 0.05) is 23.0 Å². The quantitative estimate of drug-likeness (QED) is 0.908. The SMILES string of the molecule is Cc1cc(=O)n(CC(=O)Nc2cccc(Cl)c2)cc1N. The summed E-state index contributed by atoms with van der Waals surface area (Å²) in [6, 6.07) is 8.19. The summed E-state index contributed by atoms with van der Waals surface area (Å²) in [5.74, 6) is -0.322. The van der Waals surface area contributed by atoms with Crippen molar-refractivity contribution in [1.82, 2.24) is 4.57 Å². The Morgan fingerprint density at radius 3 is 2.85 bits per heavy atom. The molecule has 0 aliphatic heterocycles. The summed E-state index contributed by atoms with van der Waals surface area (Å²) in [4.78, 5) is 23.6. The molecule has 6 heteroatoms. The molecule has 0 aliphatic carbocycles. The third kappa shape index (κ3) is 3.39. The number of aromatic nitrogens is 1. The van der Waals surface area contributed by atoms with Crippen LogP contribution in [-0.4, -0.2) is 10.5 Å². The summed E-state index contributed by atoms with van der Waals surface area (Å²) >= 11 is 5.83. The highest BCUT2D eigenvalue weighted by molar-refractivity contribution is 6.30. The van der Waals surface area contributed by atoms with Crippen LogP contribution < -0.4 is 16.6 Å². The lowest BCUT2D eigenvalue weighted by Crippen LogP contribution is -2.27. The predicted molar refractivity (Wildman–Crippen MR) is 79.9 cm³/mol. The average molecular weight is 292 g/mol. The zero-order valence-corrected chi connectivity index (χ0v) is 11.6. The van der Waals surface area contributed by atoms with Gasteiger partial charge in [-0.3, -0.25) is 9.59 Å². The summed E-state index contributed by atoms with van der Waals surface area (Å²) in [6.45, 7) is 1.64. The highest BCUT2D eigenvalue weighted by Gasteiger charge is 2.07. The summed E-state index contributed by atoms with van der Waals surface area (Å²) < 4.78 is 1.27. The lowest BCUT2D eigenvalue weighted by molar-refractivity contribution is -0.116. The van der Waals surface area contributed by atoms with E-state index in [9.17, 15) is 9.59 Å². The first-order chi connectivity index (χ1) is 9.45. The molecule has 1 amide bonds. The van der Waals surface area contributed by atoms with Crippen molar-refractivity contribution in [3.05, 3.63) is 57.5 Å². The number of nitrogens with two attached hydrogens (primary N) is 1. The van der Waals surface area contributed by atoms with Gasteiger partial charge in [-0.1, -0.05) is 17.7 Å². The van der Waals surface area contributed by atoms with Crippen LogP contribution in [-0.2, 0) is 11.3 Å². The third-order valence-corrected chi connectivity index (χ3v) is 3.03. The summed E-state index contributed by atoms with van der Waals surface area (Å²) in [5.41, 5.74) is 7.21. The highest BCUT2D eigenvalue weighted by atomic mass is 35.5. The summed E-state index contributed by atoms with van der Waals surface area (Å²) in [7, 11) is 0. The number of benzene rings is 1. The van der Waals surface area contributed by atoms with E-state index in [2.05, 4.69) is 5.32 Å². The molecule has 1 aromatic carbocycles. The number of rotatable bonds is 3. The predicted octanol–water partition coefficient (Wildman–Crippen LogP) is 2.03. The minimum absolute atomic E-state index is 0.101. The molecule has 3 N–H and O–H groups in total. The van der Waals surface area contributed by atoms with Gasteiger partial charge in [0.2, 0.25) is 5.91 Å². The Morgan fingerprint density at radius 2 is 2.15 bits per heavy atom. The van der Waals surface area contributed by atoms with Crippen LogP contribution in [0, 0.1) is 6.92 Å². The largest absolute Gasteiger partial charge is 0.397 e. The van der Waals surface area contributed by atoms with Crippen molar-refractivity contribution < 1.29 is 4.79 Å². The number of aryl methyl sites for hydroxylation is 1. The molecule has 0 saturated heterocycles. The maximum absolute atomic E-state index is 11.9. The second-order valence-electron chi connectivity index (χ2n) is 4.44. The maximum Gasteiger partial charge on any atom is 0.251 e. The van der Waals surface area contributed by atoms with E-state index in [4.69, 9.17) is 17.3 Å². The topological polar surface area (TPSA) is 77.1 Å². The van der Waals surface area contributed by atoms with E-state index in [1.54, 1.807) is 31.2 Å². The number of carbonyl (C=O) groups excluding carboxylic acids is 1. The van der Waals surface area contributed by atoms with E-state index in [1.807, 2.05) is 0 Å². The van der Waals surface area contributed by atoms with E-state index in [1.165, 1.54) is 16.8 Å². The molecule has 0 radical (unpaired) electrons. The fourth-order valence-electron chi connectivity index (χ4n) is 1.73. The molecule has 0 saturated carbocycles. The fourth-order valence-corrected chi connectivity index (χ4v) is 1.92. The Morgan fingerprint density at radius 1 is 1.40 bits per heavy atom. The van der Waals surface area contributed by atoms with Gasteiger partial charge in [0.05, 0.1) is 5.69 Å². The molecular weight excluding hydrogens is 278 g/mol. The first-order valence-electron chi connectivity index (χ1n) is 5.97. The van der Waals surface area contributed by atoms with Crippen molar-refractivity contribution in [2.75, 3.05) is 11.1 Å². The molecule has 2 aromatic rings. The zero-order valence-electron chi connectivity index (χ0n) is 10.9. The Bertz CT molecular complexity index is 710. The minimum atomic E-state index is -0.322. The molecule has 1 aromatic heterocycles. The minimum Gasteiger partial charge on any atom is -0.397 e. The lowest BCUT2D eigenvalue weighted by atomic mass is 10.2. The average Bonchev–Trinajstić information content (AvgIpc) is 2.36. The lowest BCUT2D eigenvalue weighted by Gasteiger charge is -2.09. The van der Waals surface area contributed by atoms with Crippen molar-refractivity contribution >= 4 is 28.9 Å². The Hall–Kier alpha value is -2.27. The highest BCUT2D eigenvalue weighted by Crippen LogP contribution is 2.14. The second-order valence-corrected chi connectivity index (χ2v) is 4.87. The van der Waals surface area contributed by atoms with Gasteiger partial charge >= 0.3 is 0 Å². The molecule has 0 unspecified atom stereocenters. The number of pyridine rings is 1. The van der Waals surface area contributed by atoms with Crippen LogP contribution in [0.4, 0.5) is 11.4 Å². The van der Waals surface area contributed by atoms with Crippen molar-refractivity contribution in [3.63, 3.8) is 0 Å². The van der Waals surface area contributed by atoms with E-state index in [0.29, 0.717) is 22.0 Å². The van der Waals surface area contributed by atoms with Gasteiger partial charge in [-0.2, -0.15) is 0 Å². The smallest absolute Gasteiger partial charge is 0.251 e. The molecule has 0 aliphatic rings. The number of carbonyl (C=O) groups is 1. The van der Waals surface area contributed by atoms with Crippen LogP contribution in [0.2, 0.25) is 5.02 Å². The van der Waals surface area contributed by atoms with Gasteiger partial charge in [0.15, 0.2) is 0 Å². The van der Waals surface area contributed by atoms with Gasteiger partial charge in [-0.25, -0.2) is 0 Å². The first kappa shape index (κ1) is 14.1. The van der Waals surface area contributed by atoms with Crippen LogP contribution in [0.1, 0.15) is 5.56 Å². The number of amides is 1. The first-order valence-corrected chi connectivity index (χ1v) is 6.35. The molecule has 104 valence electrons. The molecule has 0 bridgehead atoms. The molecule has 0 fully saturated rings. The van der Waals surface area contributed by atoms with Crippen molar-refractivity contribution in [1.29, 1.82) is 0 Å². The summed E-state index contributed by atoms with van der Waals surface area (Å²) in [6.07, 6.45) is 1.47. The number of anilines is 2.